The third-order valence-corrected chi connectivity index (χ3v) is 3.30. The van der Waals surface area contributed by atoms with Crippen molar-refractivity contribution in [3.63, 3.8) is 0 Å². The number of carboxylic acid groups (broad SMARTS) is 1. The molecule has 0 aliphatic carbocycles. The molecule has 1 aliphatic heterocycles. The molecule has 0 aromatic carbocycles. The second-order valence-corrected chi connectivity index (χ2v) is 5.70. The second-order valence-electron chi connectivity index (χ2n) is 4.62. The van der Waals surface area contributed by atoms with E-state index >= 15 is 0 Å². The fourth-order valence-electron chi connectivity index (χ4n) is 1.41. The molecule has 0 aromatic rings. The zero-order valence-electron chi connectivity index (χ0n) is 9.15. The van der Waals surface area contributed by atoms with Crippen molar-refractivity contribution >= 4 is 23.7 Å². The number of carbonyl (C=O) groups excluding carboxylic acids is 1. The summed E-state index contributed by atoms with van der Waals surface area (Å²) in [5.41, 5.74) is -0.548. The van der Waals surface area contributed by atoms with E-state index in [1.165, 1.54) is 11.8 Å². The first kappa shape index (κ1) is 12.4. The first-order valence-electron chi connectivity index (χ1n) is 4.84. The number of hydrogen-bond acceptors (Lipinski definition) is 4. The van der Waals surface area contributed by atoms with Gasteiger partial charge in [-0.3, -0.25) is 9.59 Å². The average Bonchev–Trinajstić information content (AvgIpc) is 2.47. The molecule has 1 saturated heterocycles. The molecule has 0 amide bonds. The van der Waals surface area contributed by atoms with Crippen molar-refractivity contribution < 1.29 is 19.4 Å². The van der Waals surface area contributed by atoms with E-state index in [0.29, 0.717) is 11.5 Å². The van der Waals surface area contributed by atoms with Gasteiger partial charge in [-0.1, -0.05) is 0 Å². The summed E-state index contributed by atoms with van der Waals surface area (Å²) >= 11 is 1.49. The van der Waals surface area contributed by atoms with Gasteiger partial charge < -0.3 is 9.84 Å². The van der Waals surface area contributed by atoms with Crippen LogP contribution in [0.2, 0.25) is 0 Å². The van der Waals surface area contributed by atoms with Gasteiger partial charge in [0.1, 0.15) is 5.60 Å². The Labute approximate surface area is 93.4 Å². The number of carbonyl (C=O) groups is 2. The number of esters is 1. The average molecular weight is 232 g/mol. The highest BCUT2D eigenvalue weighted by Gasteiger charge is 2.40. The van der Waals surface area contributed by atoms with Crippen LogP contribution in [0.3, 0.4) is 0 Å². The third kappa shape index (κ3) is 3.41. The van der Waals surface area contributed by atoms with E-state index in [-0.39, 0.29) is 5.97 Å². The van der Waals surface area contributed by atoms with Gasteiger partial charge in [0.05, 0.1) is 11.8 Å². The molecule has 0 bridgehead atoms. The molecule has 1 aliphatic rings. The topological polar surface area (TPSA) is 63.6 Å². The van der Waals surface area contributed by atoms with Crippen LogP contribution in [0.25, 0.3) is 0 Å². The minimum absolute atomic E-state index is 0.389. The normalized spacial score (nSPS) is 26.3. The zero-order valence-corrected chi connectivity index (χ0v) is 9.97. The summed E-state index contributed by atoms with van der Waals surface area (Å²) in [6, 6.07) is 0. The van der Waals surface area contributed by atoms with Crippen LogP contribution in [0.15, 0.2) is 0 Å². The van der Waals surface area contributed by atoms with Crippen LogP contribution < -0.4 is 0 Å². The zero-order chi connectivity index (χ0) is 11.6. The maximum absolute atomic E-state index is 11.7. The fraction of sp³-hybridized carbons (Fsp3) is 0.800. The van der Waals surface area contributed by atoms with Gasteiger partial charge in [0, 0.05) is 11.5 Å². The van der Waals surface area contributed by atoms with Gasteiger partial charge in [-0.15, -0.1) is 0 Å². The highest BCUT2D eigenvalue weighted by molar-refractivity contribution is 7.99. The standard InChI is InChI=1S/C10H16O4S/c1-10(2,3)14-9(13)7-5-15-4-6(7)8(11)12/h6-7H,4-5H2,1-3H3,(H,11,12). The SMILES string of the molecule is CC(C)(C)OC(=O)C1CSCC1C(=O)O. The van der Waals surface area contributed by atoms with Gasteiger partial charge in [-0.2, -0.15) is 11.8 Å². The maximum atomic E-state index is 11.7. The summed E-state index contributed by atoms with van der Waals surface area (Å²) in [7, 11) is 0. The molecule has 2 unspecified atom stereocenters. The Morgan fingerprint density at radius 3 is 2.27 bits per heavy atom. The lowest BCUT2D eigenvalue weighted by atomic mass is 9.96. The van der Waals surface area contributed by atoms with E-state index in [1.807, 2.05) is 0 Å². The summed E-state index contributed by atoms with van der Waals surface area (Å²) in [4.78, 5) is 22.5. The molecule has 1 heterocycles. The molecule has 0 spiro atoms. The van der Waals surface area contributed by atoms with E-state index in [0.717, 1.165) is 0 Å². The molecule has 0 radical (unpaired) electrons. The first-order valence-corrected chi connectivity index (χ1v) is 6.00. The van der Waals surface area contributed by atoms with Crippen LogP contribution in [-0.2, 0) is 14.3 Å². The molecule has 1 N–H and O–H groups in total. The highest BCUT2D eigenvalue weighted by atomic mass is 32.2. The minimum atomic E-state index is -0.907. The van der Waals surface area contributed by atoms with Crippen LogP contribution in [0, 0.1) is 11.8 Å². The first-order chi connectivity index (χ1) is 6.81. The van der Waals surface area contributed by atoms with Gasteiger partial charge in [-0.05, 0) is 20.8 Å². The van der Waals surface area contributed by atoms with Crippen molar-refractivity contribution in [2.24, 2.45) is 11.8 Å². The molecule has 5 heteroatoms. The van der Waals surface area contributed by atoms with Crippen molar-refractivity contribution in [2.45, 2.75) is 26.4 Å². The Morgan fingerprint density at radius 1 is 1.27 bits per heavy atom. The lowest BCUT2D eigenvalue weighted by molar-refractivity contribution is -0.164. The largest absolute Gasteiger partial charge is 0.481 e. The number of carboxylic acids is 1. The monoisotopic (exact) mass is 232 g/mol. The van der Waals surface area contributed by atoms with Gasteiger partial charge in [0.15, 0.2) is 0 Å². The number of thioether (sulfide) groups is 1. The van der Waals surface area contributed by atoms with E-state index in [9.17, 15) is 9.59 Å². The van der Waals surface area contributed by atoms with Gasteiger partial charge >= 0.3 is 11.9 Å². The molecule has 15 heavy (non-hydrogen) atoms. The predicted octanol–water partition coefficient (Wildman–Crippen LogP) is 1.39. The smallest absolute Gasteiger partial charge is 0.311 e. The number of aliphatic carboxylic acids is 1. The third-order valence-electron chi connectivity index (χ3n) is 2.11. The summed E-state index contributed by atoms with van der Waals surface area (Å²) < 4.78 is 5.19. The van der Waals surface area contributed by atoms with E-state index in [1.54, 1.807) is 20.8 Å². The fourth-order valence-corrected chi connectivity index (χ4v) is 2.79. The lowest BCUT2D eigenvalue weighted by Crippen LogP contribution is -2.34. The molecule has 0 aromatic heterocycles. The van der Waals surface area contributed by atoms with Crippen molar-refractivity contribution in [2.75, 3.05) is 11.5 Å². The summed E-state index contributed by atoms with van der Waals surface area (Å²) in [6.45, 7) is 5.34. The van der Waals surface area contributed by atoms with Crippen LogP contribution >= 0.6 is 11.8 Å². The van der Waals surface area contributed by atoms with Crippen molar-refractivity contribution in [1.82, 2.24) is 0 Å². The summed E-state index contributed by atoms with van der Waals surface area (Å²) in [5.74, 6) is -1.34. The van der Waals surface area contributed by atoms with E-state index in [2.05, 4.69) is 0 Å². The Hall–Kier alpha value is -0.710. The molecule has 4 nitrogen and oxygen atoms in total. The van der Waals surface area contributed by atoms with Crippen LogP contribution in [0.4, 0.5) is 0 Å². The van der Waals surface area contributed by atoms with E-state index < -0.39 is 23.4 Å². The van der Waals surface area contributed by atoms with Crippen LogP contribution in [0.5, 0.6) is 0 Å². The predicted molar refractivity (Wildman–Crippen MR) is 57.8 cm³/mol. The van der Waals surface area contributed by atoms with Crippen molar-refractivity contribution in [3.8, 4) is 0 Å². The highest BCUT2D eigenvalue weighted by Crippen LogP contribution is 2.32. The Morgan fingerprint density at radius 2 is 1.80 bits per heavy atom. The number of rotatable bonds is 2. The van der Waals surface area contributed by atoms with Crippen molar-refractivity contribution in [1.29, 1.82) is 0 Å². The summed E-state index contributed by atoms with van der Waals surface area (Å²) in [5, 5.41) is 8.91. The van der Waals surface area contributed by atoms with E-state index in [4.69, 9.17) is 9.84 Å². The van der Waals surface area contributed by atoms with Crippen LogP contribution in [-0.4, -0.2) is 34.2 Å². The molecule has 2 atom stereocenters. The van der Waals surface area contributed by atoms with Gasteiger partial charge in [0.25, 0.3) is 0 Å². The Bertz CT molecular complexity index is 269. The lowest BCUT2D eigenvalue weighted by Gasteiger charge is -2.23. The van der Waals surface area contributed by atoms with Gasteiger partial charge in [-0.25, -0.2) is 0 Å². The minimum Gasteiger partial charge on any atom is -0.481 e. The Balaban J connectivity index is 2.63. The number of ether oxygens (including phenoxy) is 1. The maximum Gasteiger partial charge on any atom is 0.311 e. The quantitative estimate of drug-likeness (QED) is 0.729. The molecule has 1 fully saturated rings. The Kier molecular flexibility index (Phi) is 3.65. The molecule has 1 rings (SSSR count). The second kappa shape index (κ2) is 4.43. The summed E-state index contributed by atoms with van der Waals surface area (Å²) in [6.07, 6.45) is 0. The molecular formula is C10H16O4S. The number of hydrogen-bond donors (Lipinski definition) is 1. The molecule has 0 saturated carbocycles. The van der Waals surface area contributed by atoms with Crippen LogP contribution in [0.1, 0.15) is 20.8 Å². The molecule has 86 valence electrons. The van der Waals surface area contributed by atoms with Gasteiger partial charge in [0.2, 0.25) is 0 Å². The molecular weight excluding hydrogens is 216 g/mol. The van der Waals surface area contributed by atoms with Crippen molar-refractivity contribution in [3.05, 3.63) is 0 Å².